The van der Waals surface area contributed by atoms with Crippen molar-refractivity contribution in [1.29, 1.82) is 0 Å². The summed E-state index contributed by atoms with van der Waals surface area (Å²) in [7, 11) is 1.82. The first kappa shape index (κ1) is 17.5. The van der Waals surface area contributed by atoms with E-state index in [1.165, 1.54) is 24.9 Å². The maximum atomic E-state index is 4.35. The Kier molecular flexibility index (Phi) is 6.06. The molecule has 25 heavy (non-hydrogen) atoms. The lowest BCUT2D eigenvalue weighted by atomic mass is 10.2. The molecule has 1 atom stereocenters. The largest absolute Gasteiger partial charge is 0.355 e. The summed E-state index contributed by atoms with van der Waals surface area (Å²) in [5, 5.41) is 11.2. The normalized spacial score (nSPS) is 18.5. The van der Waals surface area contributed by atoms with Gasteiger partial charge in [-0.1, -0.05) is 19.1 Å². The number of benzene rings is 1. The lowest BCUT2D eigenvalue weighted by Crippen LogP contribution is -2.44. The van der Waals surface area contributed by atoms with E-state index in [-0.39, 0.29) is 0 Å². The molecule has 1 aliphatic rings. The standard InChI is InChI=1S/C19H28N6/c1-3-24-11-5-9-18(24)15-22-19(20-2)21-14-16-7-4-8-17(13-16)25-12-6-10-23-25/h4,6-8,10,12-13,18H,3,5,9,11,14-15H2,1-2H3,(H2,20,21,22). The molecule has 1 unspecified atom stereocenters. The number of aliphatic imine (C=N–C) groups is 1. The van der Waals surface area contributed by atoms with Crippen molar-refractivity contribution in [3.8, 4) is 5.69 Å². The van der Waals surface area contributed by atoms with Crippen LogP contribution < -0.4 is 10.6 Å². The van der Waals surface area contributed by atoms with Crippen LogP contribution in [-0.4, -0.2) is 53.4 Å². The van der Waals surface area contributed by atoms with Crippen LogP contribution in [0.25, 0.3) is 5.69 Å². The van der Waals surface area contributed by atoms with Crippen LogP contribution in [0.15, 0.2) is 47.7 Å². The second-order valence-corrected chi connectivity index (χ2v) is 6.35. The molecule has 2 heterocycles. The van der Waals surface area contributed by atoms with Crippen molar-refractivity contribution in [2.75, 3.05) is 26.7 Å². The smallest absolute Gasteiger partial charge is 0.191 e. The van der Waals surface area contributed by atoms with E-state index in [4.69, 9.17) is 0 Å². The van der Waals surface area contributed by atoms with Gasteiger partial charge in [-0.25, -0.2) is 4.68 Å². The third kappa shape index (κ3) is 4.60. The highest BCUT2D eigenvalue weighted by atomic mass is 15.3. The van der Waals surface area contributed by atoms with Crippen molar-refractivity contribution in [2.45, 2.75) is 32.4 Å². The maximum absolute atomic E-state index is 4.35. The average molecular weight is 340 g/mol. The topological polar surface area (TPSA) is 57.5 Å². The Bertz CT molecular complexity index is 679. The highest BCUT2D eigenvalue weighted by Crippen LogP contribution is 2.15. The zero-order valence-electron chi connectivity index (χ0n) is 15.2. The number of hydrogen-bond donors (Lipinski definition) is 2. The molecule has 134 valence electrons. The Morgan fingerprint density at radius 3 is 3.00 bits per heavy atom. The summed E-state index contributed by atoms with van der Waals surface area (Å²) in [6.07, 6.45) is 6.31. The van der Waals surface area contributed by atoms with Gasteiger partial charge in [0.1, 0.15) is 0 Å². The maximum Gasteiger partial charge on any atom is 0.191 e. The summed E-state index contributed by atoms with van der Waals surface area (Å²) in [5.74, 6) is 0.854. The average Bonchev–Trinajstić information content (AvgIpc) is 3.33. The molecule has 1 aromatic heterocycles. The van der Waals surface area contributed by atoms with Crippen LogP contribution in [0.3, 0.4) is 0 Å². The van der Waals surface area contributed by atoms with E-state index >= 15 is 0 Å². The van der Waals surface area contributed by atoms with Gasteiger partial charge in [-0.05, 0) is 49.7 Å². The fraction of sp³-hybridized carbons (Fsp3) is 0.474. The summed E-state index contributed by atoms with van der Waals surface area (Å²) < 4.78 is 1.87. The molecule has 1 fully saturated rings. The fourth-order valence-electron chi connectivity index (χ4n) is 3.39. The van der Waals surface area contributed by atoms with Crippen molar-refractivity contribution in [2.24, 2.45) is 4.99 Å². The van der Waals surface area contributed by atoms with Crippen LogP contribution in [0.2, 0.25) is 0 Å². The Labute approximate surface area is 149 Å². The SMILES string of the molecule is CCN1CCCC1CNC(=NC)NCc1cccc(-n2cccn2)c1. The first-order chi connectivity index (χ1) is 12.3. The van der Waals surface area contributed by atoms with Gasteiger partial charge >= 0.3 is 0 Å². The molecule has 1 aromatic carbocycles. The number of aromatic nitrogens is 2. The molecule has 0 amide bonds. The molecule has 2 N–H and O–H groups in total. The molecular weight excluding hydrogens is 312 g/mol. The summed E-state index contributed by atoms with van der Waals surface area (Å²) in [4.78, 5) is 6.88. The monoisotopic (exact) mass is 340 g/mol. The summed E-state index contributed by atoms with van der Waals surface area (Å²) in [6, 6.07) is 10.9. The van der Waals surface area contributed by atoms with Crippen LogP contribution in [0.5, 0.6) is 0 Å². The van der Waals surface area contributed by atoms with Gasteiger partial charge in [0.25, 0.3) is 0 Å². The van der Waals surface area contributed by atoms with E-state index < -0.39 is 0 Å². The van der Waals surface area contributed by atoms with Crippen molar-refractivity contribution in [1.82, 2.24) is 25.3 Å². The number of nitrogens with one attached hydrogen (secondary N) is 2. The molecule has 3 rings (SSSR count). The van der Waals surface area contributed by atoms with Gasteiger partial charge in [0, 0.05) is 38.6 Å². The van der Waals surface area contributed by atoms with E-state index in [0.717, 1.165) is 31.3 Å². The van der Waals surface area contributed by atoms with E-state index in [2.05, 4.69) is 56.8 Å². The van der Waals surface area contributed by atoms with E-state index in [1.54, 1.807) is 6.20 Å². The van der Waals surface area contributed by atoms with Gasteiger partial charge in [-0.15, -0.1) is 0 Å². The Morgan fingerprint density at radius 1 is 1.32 bits per heavy atom. The zero-order chi connectivity index (χ0) is 17.5. The number of guanidine groups is 1. The van der Waals surface area contributed by atoms with Crippen LogP contribution in [0, 0.1) is 0 Å². The molecule has 1 aliphatic heterocycles. The highest BCUT2D eigenvalue weighted by molar-refractivity contribution is 5.79. The van der Waals surface area contributed by atoms with Gasteiger partial charge < -0.3 is 10.6 Å². The molecule has 6 heteroatoms. The third-order valence-electron chi connectivity index (χ3n) is 4.77. The quantitative estimate of drug-likeness (QED) is 0.624. The molecule has 0 saturated carbocycles. The van der Waals surface area contributed by atoms with Crippen molar-refractivity contribution >= 4 is 5.96 Å². The molecule has 0 spiro atoms. The number of rotatable bonds is 6. The number of likely N-dealkylation sites (tertiary alicyclic amines) is 1. The lowest BCUT2D eigenvalue weighted by molar-refractivity contribution is 0.267. The second-order valence-electron chi connectivity index (χ2n) is 6.35. The van der Waals surface area contributed by atoms with Gasteiger partial charge in [0.05, 0.1) is 5.69 Å². The third-order valence-corrected chi connectivity index (χ3v) is 4.77. The minimum Gasteiger partial charge on any atom is -0.355 e. The van der Waals surface area contributed by atoms with Crippen molar-refractivity contribution < 1.29 is 0 Å². The highest BCUT2D eigenvalue weighted by Gasteiger charge is 2.22. The van der Waals surface area contributed by atoms with Gasteiger partial charge in [0.2, 0.25) is 0 Å². The molecular formula is C19H28N6. The van der Waals surface area contributed by atoms with Crippen molar-refractivity contribution in [3.05, 3.63) is 48.3 Å². The summed E-state index contributed by atoms with van der Waals surface area (Å²) >= 11 is 0. The zero-order valence-corrected chi connectivity index (χ0v) is 15.2. The Hall–Kier alpha value is -2.34. The first-order valence-electron chi connectivity index (χ1n) is 9.07. The Morgan fingerprint density at radius 2 is 2.24 bits per heavy atom. The lowest BCUT2D eigenvalue weighted by Gasteiger charge is -2.24. The number of likely N-dealkylation sites (N-methyl/N-ethyl adjacent to an activating group) is 1. The van der Waals surface area contributed by atoms with E-state index in [9.17, 15) is 0 Å². The van der Waals surface area contributed by atoms with Gasteiger partial charge in [-0.3, -0.25) is 9.89 Å². The van der Waals surface area contributed by atoms with Crippen LogP contribution in [0.1, 0.15) is 25.3 Å². The first-order valence-corrected chi connectivity index (χ1v) is 9.07. The van der Waals surface area contributed by atoms with Crippen LogP contribution in [0.4, 0.5) is 0 Å². The van der Waals surface area contributed by atoms with Gasteiger partial charge in [-0.2, -0.15) is 5.10 Å². The molecule has 0 bridgehead atoms. The Balaban J connectivity index is 1.52. The van der Waals surface area contributed by atoms with Crippen LogP contribution >= 0.6 is 0 Å². The van der Waals surface area contributed by atoms with Gasteiger partial charge in [0.15, 0.2) is 5.96 Å². The summed E-state index contributed by atoms with van der Waals surface area (Å²) in [5.41, 5.74) is 2.27. The molecule has 1 saturated heterocycles. The van der Waals surface area contributed by atoms with E-state index in [1.807, 2.05) is 24.0 Å². The minimum atomic E-state index is 0.617. The molecule has 6 nitrogen and oxygen atoms in total. The van der Waals surface area contributed by atoms with Crippen molar-refractivity contribution in [3.63, 3.8) is 0 Å². The second kappa shape index (κ2) is 8.67. The number of nitrogens with zero attached hydrogens (tertiary/aromatic N) is 4. The molecule has 0 aliphatic carbocycles. The molecule has 0 radical (unpaired) electrons. The predicted molar refractivity (Wildman–Crippen MR) is 102 cm³/mol. The summed E-state index contributed by atoms with van der Waals surface area (Å²) in [6.45, 7) is 6.25. The van der Waals surface area contributed by atoms with E-state index in [0.29, 0.717) is 6.04 Å². The fourth-order valence-corrected chi connectivity index (χ4v) is 3.39. The molecule has 2 aromatic rings. The minimum absolute atomic E-state index is 0.617. The van der Waals surface area contributed by atoms with Crippen LogP contribution in [-0.2, 0) is 6.54 Å². The number of hydrogen-bond acceptors (Lipinski definition) is 3. The predicted octanol–water partition coefficient (Wildman–Crippen LogP) is 2.02.